The van der Waals surface area contributed by atoms with Crippen LogP contribution in [0, 0.1) is 10.1 Å². The van der Waals surface area contributed by atoms with Gasteiger partial charge < -0.3 is 15.6 Å². The summed E-state index contributed by atoms with van der Waals surface area (Å²) in [7, 11) is 0. The number of carbonyl (C=O) groups excluding carboxylic acids is 1. The van der Waals surface area contributed by atoms with Crippen molar-refractivity contribution in [3.63, 3.8) is 0 Å². The number of thiophene rings is 1. The Hall–Kier alpha value is -2.45. The predicted molar refractivity (Wildman–Crippen MR) is 76.6 cm³/mol. The first-order chi connectivity index (χ1) is 9.90. The van der Waals surface area contributed by atoms with E-state index in [1.807, 2.05) is 0 Å². The number of benzene rings is 1. The van der Waals surface area contributed by atoms with Crippen LogP contribution in [0.1, 0.15) is 28.3 Å². The molecule has 0 aliphatic rings. The fourth-order valence-corrected chi connectivity index (χ4v) is 2.57. The van der Waals surface area contributed by atoms with Crippen molar-refractivity contribution in [2.45, 2.75) is 13.0 Å². The maximum absolute atomic E-state index is 11.3. The lowest BCUT2D eigenvalue weighted by Crippen LogP contribution is -2.11. The second kappa shape index (κ2) is 5.90. The molecule has 1 heterocycles. The minimum Gasteiger partial charge on any atom is -0.439 e. The van der Waals surface area contributed by atoms with E-state index in [9.17, 15) is 20.0 Å². The molecule has 0 aliphatic heterocycles. The van der Waals surface area contributed by atoms with Crippen LogP contribution in [0.4, 0.5) is 5.69 Å². The Balaban J connectivity index is 2.44. The molecule has 1 aromatic carbocycles. The molecule has 0 saturated carbocycles. The molecule has 3 N–H and O–H groups in total. The van der Waals surface area contributed by atoms with Crippen LogP contribution in [0.25, 0.3) is 0 Å². The number of carbonyl (C=O) groups is 1. The summed E-state index contributed by atoms with van der Waals surface area (Å²) in [5.74, 6) is -0.562. The quantitative estimate of drug-likeness (QED) is 0.650. The smallest absolute Gasteiger partial charge is 0.323 e. The van der Waals surface area contributed by atoms with Crippen LogP contribution in [0.15, 0.2) is 30.3 Å². The van der Waals surface area contributed by atoms with Gasteiger partial charge in [0.25, 0.3) is 11.0 Å². The zero-order valence-electron chi connectivity index (χ0n) is 11.0. The largest absolute Gasteiger partial charge is 0.439 e. The minimum absolute atomic E-state index is 0.00963. The lowest BCUT2D eigenvalue weighted by Gasteiger charge is -2.06. The van der Waals surface area contributed by atoms with E-state index in [0.717, 1.165) is 11.3 Å². The van der Waals surface area contributed by atoms with Crippen LogP contribution in [0.5, 0.6) is 10.8 Å². The summed E-state index contributed by atoms with van der Waals surface area (Å²) in [6.45, 7) is 1.50. The summed E-state index contributed by atoms with van der Waals surface area (Å²) in [6, 6.07) is 7.43. The van der Waals surface area contributed by atoms with Gasteiger partial charge in [0, 0.05) is 10.9 Å². The summed E-state index contributed by atoms with van der Waals surface area (Å²) >= 11 is 0.945. The van der Waals surface area contributed by atoms with Crippen molar-refractivity contribution in [3.05, 3.63) is 50.9 Å². The van der Waals surface area contributed by atoms with Gasteiger partial charge in [0.05, 0.1) is 16.6 Å². The van der Waals surface area contributed by atoms with E-state index in [2.05, 4.69) is 0 Å². The molecular formula is C13H12N2O5S. The molecule has 7 nitrogen and oxygen atoms in total. The van der Waals surface area contributed by atoms with Crippen molar-refractivity contribution in [2.24, 2.45) is 5.73 Å². The van der Waals surface area contributed by atoms with E-state index in [1.54, 1.807) is 12.1 Å². The number of nitrogens with zero attached hydrogens (tertiary/aromatic N) is 1. The molecule has 2 aromatic rings. The standard InChI is InChI=1S/C13H12N2O5S/c1-7(16)11-6-9(15(18)19)13(21-11)20-10-5-3-2-4-8(10)12(14)17/h2-7,16H,1H3,(H2,14,17)/t7-/m1/s1. The number of nitrogens with two attached hydrogens (primary N) is 1. The molecule has 1 amide bonds. The molecular weight excluding hydrogens is 296 g/mol. The molecule has 8 heteroatoms. The minimum atomic E-state index is -0.850. The lowest BCUT2D eigenvalue weighted by atomic mass is 10.2. The number of aliphatic hydroxyl groups is 1. The number of nitro groups is 1. The van der Waals surface area contributed by atoms with Crippen LogP contribution < -0.4 is 10.5 Å². The van der Waals surface area contributed by atoms with Gasteiger partial charge in [-0.1, -0.05) is 23.5 Å². The molecule has 110 valence electrons. The molecule has 1 aromatic heterocycles. The highest BCUT2D eigenvalue weighted by Gasteiger charge is 2.24. The molecule has 0 radical (unpaired) electrons. The molecule has 0 bridgehead atoms. The molecule has 0 spiro atoms. The van der Waals surface area contributed by atoms with Gasteiger partial charge in [-0.2, -0.15) is 0 Å². The number of ether oxygens (including phenoxy) is 1. The molecule has 21 heavy (non-hydrogen) atoms. The van der Waals surface area contributed by atoms with Crippen molar-refractivity contribution in [2.75, 3.05) is 0 Å². The zero-order valence-corrected chi connectivity index (χ0v) is 11.8. The molecule has 2 rings (SSSR count). The average molecular weight is 308 g/mol. The van der Waals surface area contributed by atoms with Gasteiger partial charge in [0.1, 0.15) is 5.75 Å². The number of hydrogen-bond acceptors (Lipinski definition) is 6. The van der Waals surface area contributed by atoms with Gasteiger partial charge in [0.15, 0.2) is 0 Å². The first-order valence-electron chi connectivity index (χ1n) is 5.93. The van der Waals surface area contributed by atoms with Gasteiger partial charge in [-0.15, -0.1) is 0 Å². The van der Waals surface area contributed by atoms with E-state index in [0.29, 0.717) is 4.88 Å². The summed E-state index contributed by atoms with van der Waals surface area (Å²) in [4.78, 5) is 22.1. The number of amides is 1. The number of hydrogen-bond donors (Lipinski definition) is 2. The monoisotopic (exact) mass is 308 g/mol. The fourth-order valence-electron chi connectivity index (χ4n) is 1.65. The average Bonchev–Trinajstić information content (AvgIpc) is 2.83. The van der Waals surface area contributed by atoms with Gasteiger partial charge in [-0.25, -0.2) is 0 Å². The molecule has 1 atom stereocenters. The summed E-state index contributed by atoms with van der Waals surface area (Å²) in [5, 5.41) is 20.5. The highest BCUT2D eigenvalue weighted by atomic mass is 32.1. The van der Waals surface area contributed by atoms with Crippen LogP contribution in [-0.4, -0.2) is 15.9 Å². The van der Waals surface area contributed by atoms with E-state index in [4.69, 9.17) is 10.5 Å². The summed E-state index contributed by atoms with van der Waals surface area (Å²) in [5.41, 5.74) is 5.09. The molecule has 0 aliphatic carbocycles. The van der Waals surface area contributed by atoms with Crippen LogP contribution in [0.2, 0.25) is 0 Å². The Morgan fingerprint density at radius 3 is 2.71 bits per heavy atom. The van der Waals surface area contributed by atoms with Crippen LogP contribution in [-0.2, 0) is 0 Å². The maximum atomic E-state index is 11.3. The molecule has 0 unspecified atom stereocenters. The third-order valence-corrected chi connectivity index (χ3v) is 3.83. The first-order valence-corrected chi connectivity index (χ1v) is 6.74. The van der Waals surface area contributed by atoms with Gasteiger partial charge in [-0.3, -0.25) is 14.9 Å². The van der Waals surface area contributed by atoms with E-state index in [1.165, 1.54) is 25.1 Å². The zero-order chi connectivity index (χ0) is 15.6. The Bertz CT molecular complexity index is 696. The highest BCUT2D eigenvalue weighted by Crippen LogP contribution is 2.42. The Kier molecular flexibility index (Phi) is 4.20. The van der Waals surface area contributed by atoms with Gasteiger partial charge in [0.2, 0.25) is 0 Å². The highest BCUT2D eigenvalue weighted by molar-refractivity contribution is 7.14. The maximum Gasteiger partial charge on any atom is 0.323 e. The third-order valence-electron chi connectivity index (χ3n) is 2.66. The third kappa shape index (κ3) is 3.18. The van der Waals surface area contributed by atoms with Crippen molar-refractivity contribution < 1.29 is 19.6 Å². The molecule has 0 saturated heterocycles. The number of aliphatic hydroxyl groups excluding tert-OH is 1. The SMILES string of the molecule is C[C@@H](O)c1cc([N+](=O)[O-])c(Oc2ccccc2C(N)=O)s1. The topological polar surface area (TPSA) is 116 Å². The summed E-state index contributed by atoms with van der Waals surface area (Å²) < 4.78 is 5.46. The first kappa shape index (κ1) is 14.9. The van der Waals surface area contributed by atoms with Crippen molar-refractivity contribution in [3.8, 4) is 10.8 Å². The lowest BCUT2D eigenvalue weighted by molar-refractivity contribution is -0.385. The number of para-hydroxylation sites is 1. The van der Waals surface area contributed by atoms with Gasteiger partial charge >= 0.3 is 5.69 Å². The Morgan fingerprint density at radius 2 is 2.14 bits per heavy atom. The summed E-state index contributed by atoms with van der Waals surface area (Å²) in [6.07, 6.45) is -0.850. The van der Waals surface area contributed by atoms with E-state index in [-0.39, 0.29) is 22.1 Å². The van der Waals surface area contributed by atoms with Crippen molar-refractivity contribution >= 4 is 22.9 Å². The second-order valence-electron chi connectivity index (χ2n) is 4.22. The van der Waals surface area contributed by atoms with E-state index < -0.39 is 16.9 Å². The van der Waals surface area contributed by atoms with Crippen molar-refractivity contribution in [1.82, 2.24) is 0 Å². The van der Waals surface area contributed by atoms with Crippen molar-refractivity contribution in [1.29, 1.82) is 0 Å². The predicted octanol–water partition coefficient (Wildman–Crippen LogP) is 2.60. The number of primary amides is 1. The van der Waals surface area contributed by atoms with Crippen LogP contribution >= 0.6 is 11.3 Å². The normalized spacial score (nSPS) is 11.9. The Morgan fingerprint density at radius 1 is 1.48 bits per heavy atom. The van der Waals surface area contributed by atoms with E-state index >= 15 is 0 Å². The number of rotatable bonds is 5. The van der Waals surface area contributed by atoms with Crippen LogP contribution in [0.3, 0.4) is 0 Å². The molecule has 0 fully saturated rings. The van der Waals surface area contributed by atoms with Gasteiger partial charge in [-0.05, 0) is 19.1 Å². The Labute approximate surface area is 123 Å². The second-order valence-corrected chi connectivity index (χ2v) is 5.26. The fraction of sp³-hybridized carbons (Fsp3) is 0.154.